The summed E-state index contributed by atoms with van der Waals surface area (Å²) in [5.41, 5.74) is -2.92. The summed E-state index contributed by atoms with van der Waals surface area (Å²) in [6.07, 6.45) is 2.81. The number of thioether (sulfide) groups is 1. The number of carbonyl (C=O) groups excluding carboxylic acids is 1. The average molecular weight is 434 g/mol. The first-order chi connectivity index (χ1) is 14.3. The van der Waals surface area contributed by atoms with Crippen molar-refractivity contribution >= 4 is 23.7 Å². The lowest BCUT2D eigenvalue weighted by molar-refractivity contribution is -0.116. The molecular weight excluding hydrogens is 417 g/mol. The molecule has 10 heteroatoms. The van der Waals surface area contributed by atoms with E-state index in [1.54, 1.807) is 19.2 Å². The Bertz CT molecular complexity index is 1020. The van der Waals surface area contributed by atoms with E-state index in [1.165, 1.54) is 36.4 Å². The summed E-state index contributed by atoms with van der Waals surface area (Å²) in [6.45, 7) is 0.146. The zero-order valence-corrected chi connectivity index (χ0v) is 16.6. The topological polar surface area (TPSA) is 79.9 Å². The molecule has 0 atom stereocenters. The van der Waals surface area contributed by atoms with E-state index in [9.17, 15) is 18.0 Å². The van der Waals surface area contributed by atoms with Gasteiger partial charge < -0.3 is 10.1 Å². The van der Waals surface area contributed by atoms with Crippen LogP contribution in [-0.2, 0) is 11.3 Å². The Morgan fingerprint density at radius 2 is 1.87 bits per heavy atom. The number of nitrogens with one attached hydrogen (secondary N) is 2. The number of hydrogen-bond donors (Lipinski definition) is 2. The van der Waals surface area contributed by atoms with Crippen molar-refractivity contribution in [1.82, 2.24) is 20.5 Å². The molecule has 0 saturated carbocycles. The first-order valence-corrected chi connectivity index (χ1v) is 9.51. The maximum atomic E-state index is 12.3. The Balaban J connectivity index is 1.51. The number of alkyl halides is 3. The predicted octanol–water partition coefficient (Wildman–Crippen LogP) is 4.42. The summed E-state index contributed by atoms with van der Waals surface area (Å²) in [5, 5.41) is 9.54. The van der Waals surface area contributed by atoms with Gasteiger partial charge in [0.2, 0.25) is 5.91 Å². The fraction of sp³-hybridized carbons (Fsp3) is 0.150. The number of rotatable bonds is 7. The van der Waals surface area contributed by atoms with Crippen LogP contribution in [-0.4, -0.2) is 33.7 Å². The minimum Gasteiger partial charge on any atom is -0.497 e. The quantitative estimate of drug-likeness (QED) is 0.425. The number of H-pyrrole nitrogens is 1. The molecule has 0 aliphatic carbocycles. The summed E-state index contributed by atoms with van der Waals surface area (Å²) in [6, 6.07) is 13.0. The number of amides is 1. The van der Waals surface area contributed by atoms with E-state index in [1.807, 2.05) is 12.1 Å². The van der Waals surface area contributed by atoms with Crippen LogP contribution in [0.4, 0.5) is 13.2 Å². The van der Waals surface area contributed by atoms with Gasteiger partial charge in [-0.15, -0.1) is 0 Å². The van der Waals surface area contributed by atoms with Crippen LogP contribution < -0.4 is 10.1 Å². The van der Waals surface area contributed by atoms with Gasteiger partial charge in [-0.3, -0.25) is 9.89 Å². The molecule has 0 spiro atoms. The molecule has 1 heterocycles. The van der Waals surface area contributed by atoms with Crippen molar-refractivity contribution in [2.75, 3.05) is 7.11 Å². The van der Waals surface area contributed by atoms with Crippen LogP contribution in [0.15, 0.2) is 59.5 Å². The molecule has 0 radical (unpaired) electrons. The minimum atomic E-state index is -4.33. The van der Waals surface area contributed by atoms with Gasteiger partial charge in [-0.25, -0.2) is 4.98 Å². The van der Waals surface area contributed by atoms with Crippen molar-refractivity contribution in [2.24, 2.45) is 0 Å². The van der Waals surface area contributed by atoms with E-state index in [4.69, 9.17) is 4.74 Å². The van der Waals surface area contributed by atoms with Crippen molar-refractivity contribution in [3.63, 3.8) is 0 Å². The van der Waals surface area contributed by atoms with Gasteiger partial charge in [0.25, 0.3) is 0 Å². The van der Waals surface area contributed by atoms with Gasteiger partial charge in [-0.2, -0.15) is 18.3 Å². The van der Waals surface area contributed by atoms with Gasteiger partial charge in [-0.1, -0.05) is 12.1 Å². The molecule has 3 rings (SSSR count). The van der Waals surface area contributed by atoms with Crippen molar-refractivity contribution in [1.29, 1.82) is 0 Å². The van der Waals surface area contributed by atoms with Crippen molar-refractivity contribution in [3.05, 3.63) is 66.0 Å². The van der Waals surface area contributed by atoms with Crippen LogP contribution in [0.1, 0.15) is 11.4 Å². The fourth-order valence-electron chi connectivity index (χ4n) is 2.43. The molecule has 2 aromatic carbocycles. The summed E-state index contributed by atoms with van der Waals surface area (Å²) in [5.74, 6) is 1.33. The fourth-order valence-corrected chi connectivity index (χ4v) is 2.97. The second kappa shape index (κ2) is 9.49. The Labute approximate surface area is 174 Å². The molecule has 0 saturated heterocycles. The van der Waals surface area contributed by atoms with Gasteiger partial charge >= 0.3 is 5.51 Å². The minimum absolute atomic E-state index is 0.0853. The van der Waals surface area contributed by atoms with E-state index in [-0.39, 0.29) is 29.1 Å². The van der Waals surface area contributed by atoms with Gasteiger partial charge in [0.05, 0.1) is 13.7 Å². The van der Waals surface area contributed by atoms with E-state index in [0.717, 1.165) is 11.3 Å². The number of hydrogen-bond acceptors (Lipinski definition) is 5. The molecule has 0 unspecified atom stereocenters. The van der Waals surface area contributed by atoms with Crippen molar-refractivity contribution in [2.45, 2.75) is 16.9 Å². The monoisotopic (exact) mass is 434 g/mol. The van der Waals surface area contributed by atoms with E-state index >= 15 is 0 Å². The summed E-state index contributed by atoms with van der Waals surface area (Å²) in [4.78, 5) is 16.4. The van der Waals surface area contributed by atoms with Crippen LogP contribution in [0.5, 0.6) is 5.75 Å². The van der Waals surface area contributed by atoms with Crippen LogP contribution in [0.25, 0.3) is 17.5 Å². The Morgan fingerprint density at radius 1 is 1.17 bits per heavy atom. The molecule has 0 aliphatic rings. The zero-order chi connectivity index (χ0) is 21.6. The van der Waals surface area contributed by atoms with Crippen molar-refractivity contribution < 1.29 is 22.7 Å². The second-order valence-electron chi connectivity index (χ2n) is 6.00. The third-order valence-corrected chi connectivity index (χ3v) is 4.59. The molecule has 0 bridgehead atoms. The lowest BCUT2D eigenvalue weighted by Gasteiger charge is -2.05. The maximum absolute atomic E-state index is 12.3. The first kappa shape index (κ1) is 21.4. The number of nitrogens with zero attached hydrogens (tertiary/aromatic N) is 2. The standard InChI is InChI=1S/C20H17F3N4O2S/c1-29-15-7-5-14(6-8-15)19-25-17(26-27-19)12-24-18(28)11-4-13-2-9-16(10-3-13)30-20(21,22)23/h2-11H,12H2,1H3,(H,24,28)(H,25,26,27)/b11-4+. The third-order valence-electron chi connectivity index (χ3n) is 3.85. The normalized spacial score (nSPS) is 11.6. The molecular formula is C20H17F3N4O2S. The predicted molar refractivity (Wildman–Crippen MR) is 108 cm³/mol. The van der Waals surface area contributed by atoms with Crippen LogP contribution in [0, 0.1) is 0 Å². The summed E-state index contributed by atoms with van der Waals surface area (Å²) >= 11 is -0.184. The average Bonchev–Trinajstić information content (AvgIpc) is 3.20. The van der Waals surface area contributed by atoms with E-state index in [2.05, 4.69) is 20.5 Å². The highest BCUT2D eigenvalue weighted by molar-refractivity contribution is 8.00. The molecule has 6 nitrogen and oxygen atoms in total. The number of aromatic amines is 1. The van der Waals surface area contributed by atoms with Crippen LogP contribution in [0.2, 0.25) is 0 Å². The number of aromatic nitrogens is 3. The highest BCUT2D eigenvalue weighted by Crippen LogP contribution is 2.36. The molecule has 0 fully saturated rings. The Morgan fingerprint density at radius 3 is 2.50 bits per heavy atom. The Kier molecular flexibility index (Phi) is 6.78. The lowest BCUT2D eigenvalue weighted by atomic mass is 10.2. The molecule has 30 heavy (non-hydrogen) atoms. The Hall–Kier alpha value is -3.27. The van der Waals surface area contributed by atoms with Gasteiger partial charge in [0.1, 0.15) is 11.6 Å². The van der Waals surface area contributed by atoms with Gasteiger partial charge in [-0.05, 0) is 59.8 Å². The SMILES string of the molecule is COc1ccc(-c2n[nH]c(CNC(=O)/C=C/c3ccc(SC(F)(F)F)cc3)n2)cc1. The molecule has 1 amide bonds. The summed E-state index contributed by atoms with van der Waals surface area (Å²) in [7, 11) is 1.58. The third kappa shape index (κ3) is 6.38. The zero-order valence-electron chi connectivity index (χ0n) is 15.7. The van der Waals surface area contributed by atoms with E-state index < -0.39 is 5.51 Å². The highest BCUT2D eigenvalue weighted by Gasteiger charge is 2.28. The number of methoxy groups -OCH3 is 1. The maximum Gasteiger partial charge on any atom is 0.446 e. The molecule has 0 aliphatic heterocycles. The number of halogens is 3. The smallest absolute Gasteiger partial charge is 0.446 e. The first-order valence-electron chi connectivity index (χ1n) is 8.70. The van der Waals surface area contributed by atoms with Crippen LogP contribution >= 0.6 is 11.8 Å². The number of carbonyl (C=O) groups is 1. The molecule has 156 valence electrons. The lowest BCUT2D eigenvalue weighted by Crippen LogP contribution is -2.20. The van der Waals surface area contributed by atoms with Crippen molar-refractivity contribution in [3.8, 4) is 17.1 Å². The second-order valence-corrected chi connectivity index (χ2v) is 7.14. The molecule has 1 aromatic heterocycles. The van der Waals surface area contributed by atoms with Gasteiger partial charge in [0, 0.05) is 16.5 Å². The van der Waals surface area contributed by atoms with Gasteiger partial charge in [0.15, 0.2) is 5.82 Å². The molecule has 2 N–H and O–H groups in total. The highest BCUT2D eigenvalue weighted by atomic mass is 32.2. The summed E-state index contributed by atoms with van der Waals surface area (Å²) < 4.78 is 42.1. The molecule has 3 aromatic rings. The van der Waals surface area contributed by atoms with E-state index in [0.29, 0.717) is 17.2 Å². The van der Waals surface area contributed by atoms with Crippen LogP contribution in [0.3, 0.4) is 0 Å². The largest absolute Gasteiger partial charge is 0.497 e. The number of benzene rings is 2. The number of ether oxygens (including phenoxy) is 1.